The van der Waals surface area contributed by atoms with Crippen LogP contribution in [0.3, 0.4) is 0 Å². The Bertz CT molecular complexity index is 996. The highest BCUT2D eigenvalue weighted by atomic mass is 35.5. The van der Waals surface area contributed by atoms with E-state index in [9.17, 15) is 13.2 Å². The van der Waals surface area contributed by atoms with Gasteiger partial charge in [-0.25, -0.2) is 9.97 Å². The molecule has 0 radical (unpaired) electrons. The Labute approximate surface area is 189 Å². The molecule has 170 valence electrons. The summed E-state index contributed by atoms with van der Waals surface area (Å²) in [6, 6.07) is 3.80. The summed E-state index contributed by atoms with van der Waals surface area (Å²) in [5, 5.41) is 5.93. The van der Waals surface area contributed by atoms with Gasteiger partial charge in [-0.3, -0.25) is 0 Å². The van der Waals surface area contributed by atoms with Crippen LogP contribution in [0.4, 0.5) is 36.4 Å². The van der Waals surface area contributed by atoms with E-state index in [1.807, 2.05) is 12.1 Å². The van der Waals surface area contributed by atoms with Crippen molar-refractivity contribution >= 4 is 34.9 Å². The van der Waals surface area contributed by atoms with Crippen molar-refractivity contribution < 1.29 is 13.2 Å². The maximum Gasteiger partial charge on any atom is 0.415 e. The lowest BCUT2D eigenvalue weighted by molar-refractivity contribution is -0.0878. The van der Waals surface area contributed by atoms with Crippen LogP contribution in [0.5, 0.6) is 0 Å². The van der Waals surface area contributed by atoms with Crippen LogP contribution < -0.4 is 15.5 Å². The topological polar surface area (TPSA) is 66.0 Å². The molecular weight excluding hydrogens is 441 g/mol. The van der Waals surface area contributed by atoms with Gasteiger partial charge >= 0.3 is 6.18 Å². The van der Waals surface area contributed by atoms with Crippen molar-refractivity contribution in [1.82, 2.24) is 15.0 Å². The van der Waals surface area contributed by atoms with E-state index in [4.69, 9.17) is 11.6 Å². The normalized spacial score (nSPS) is 15.2. The number of halogens is 4. The van der Waals surface area contributed by atoms with Gasteiger partial charge in [-0.2, -0.15) is 18.2 Å². The highest BCUT2D eigenvalue weighted by Gasteiger charge is 2.30. The van der Waals surface area contributed by atoms with Crippen molar-refractivity contribution in [2.24, 2.45) is 0 Å². The van der Waals surface area contributed by atoms with E-state index in [-0.39, 0.29) is 22.5 Å². The second-order valence-electron chi connectivity index (χ2n) is 7.21. The molecule has 1 aliphatic rings. The molecular formula is C22H24ClF3N6. The van der Waals surface area contributed by atoms with Crippen LogP contribution in [-0.2, 0) is 0 Å². The second-order valence-corrected chi connectivity index (χ2v) is 7.62. The van der Waals surface area contributed by atoms with Crippen LogP contribution in [0, 0.1) is 0 Å². The molecule has 0 saturated carbocycles. The van der Waals surface area contributed by atoms with E-state index < -0.39 is 11.7 Å². The van der Waals surface area contributed by atoms with Crippen LogP contribution >= 0.6 is 11.6 Å². The standard InChI is InChI=1S/C22H24ClF3N6/c1-3-7-16(12-15(2)22(24,25)26)29-20-18(23)14-28-21(31-20)30-19-9-8-17(13-27-19)32-10-5-4-6-11-32/h3,7-9,12-14H,2,4-6,10-11H2,1H3,(H2,27,28,29,30,31)/b7-3-,16-12+. The van der Waals surface area contributed by atoms with E-state index >= 15 is 0 Å². The van der Waals surface area contributed by atoms with Crippen LogP contribution in [0.2, 0.25) is 5.02 Å². The Morgan fingerprint density at radius 1 is 1.16 bits per heavy atom. The highest BCUT2D eigenvalue weighted by molar-refractivity contribution is 6.32. The Morgan fingerprint density at radius 2 is 1.91 bits per heavy atom. The Kier molecular flexibility index (Phi) is 7.74. The summed E-state index contributed by atoms with van der Waals surface area (Å²) in [5.74, 6) is 0.881. The number of allylic oxidation sites excluding steroid dienone is 4. The Hall–Kier alpha value is -3.07. The van der Waals surface area contributed by atoms with Crippen LogP contribution in [0.15, 0.2) is 60.6 Å². The predicted molar refractivity (Wildman–Crippen MR) is 122 cm³/mol. The zero-order chi connectivity index (χ0) is 23.1. The first-order valence-electron chi connectivity index (χ1n) is 10.1. The third-order valence-corrected chi connectivity index (χ3v) is 5.03. The van der Waals surface area contributed by atoms with Crippen molar-refractivity contribution in [1.29, 1.82) is 0 Å². The molecule has 0 amide bonds. The van der Waals surface area contributed by atoms with Gasteiger partial charge in [-0.05, 0) is 50.5 Å². The molecule has 0 unspecified atom stereocenters. The molecule has 0 bridgehead atoms. The fourth-order valence-electron chi connectivity index (χ4n) is 3.14. The number of aromatic nitrogens is 3. The minimum Gasteiger partial charge on any atom is -0.370 e. The third-order valence-electron chi connectivity index (χ3n) is 4.76. The molecule has 2 N–H and O–H groups in total. The summed E-state index contributed by atoms with van der Waals surface area (Å²) in [7, 11) is 0. The molecule has 10 heteroatoms. The summed E-state index contributed by atoms with van der Waals surface area (Å²) in [4.78, 5) is 15.1. The number of nitrogens with one attached hydrogen (secondary N) is 2. The number of nitrogens with zero attached hydrogens (tertiary/aromatic N) is 4. The lowest BCUT2D eigenvalue weighted by Crippen LogP contribution is -2.29. The largest absolute Gasteiger partial charge is 0.415 e. The summed E-state index contributed by atoms with van der Waals surface area (Å²) < 4.78 is 38.6. The first-order valence-corrected chi connectivity index (χ1v) is 10.5. The minimum absolute atomic E-state index is 0.130. The van der Waals surface area contributed by atoms with E-state index in [0.29, 0.717) is 5.82 Å². The number of anilines is 4. The Morgan fingerprint density at radius 3 is 2.53 bits per heavy atom. The molecule has 1 fully saturated rings. The van der Waals surface area contributed by atoms with Crippen molar-refractivity contribution in [2.75, 3.05) is 28.6 Å². The van der Waals surface area contributed by atoms with Gasteiger partial charge in [0.2, 0.25) is 5.95 Å². The number of hydrogen-bond donors (Lipinski definition) is 2. The van der Waals surface area contributed by atoms with E-state index in [1.54, 1.807) is 19.2 Å². The number of rotatable bonds is 7. The van der Waals surface area contributed by atoms with Crippen molar-refractivity contribution in [3.63, 3.8) is 0 Å². The van der Waals surface area contributed by atoms with E-state index in [2.05, 4.69) is 37.1 Å². The van der Waals surface area contributed by atoms with Gasteiger partial charge in [0.15, 0.2) is 5.82 Å². The fraction of sp³-hybridized carbons (Fsp3) is 0.318. The van der Waals surface area contributed by atoms with Crippen LogP contribution in [0.25, 0.3) is 0 Å². The summed E-state index contributed by atoms with van der Waals surface area (Å²) in [6.07, 6.45) is 6.14. The number of hydrogen-bond acceptors (Lipinski definition) is 6. The summed E-state index contributed by atoms with van der Waals surface area (Å²) in [5.41, 5.74) is 0.186. The molecule has 1 aliphatic heterocycles. The number of piperidine rings is 1. The molecule has 0 atom stereocenters. The number of pyridine rings is 1. The molecule has 3 rings (SSSR count). The first kappa shape index (κ1) is 23.6. The summed E-state index contributed by atoms with van der Waals surface area (Å²) >= 11 is 6.14. The zero-order valence-electron chi connectivity index (χ0n) is 17.6. The Balaban J connectivity index is 1.74. The average molecular weight is 465 g/mol. The van der Waals surface area contributed by atoms with Gasteiger partial charge < -0.3 is 15.5 Å². The molecule has 32 heavy (non-hydrogen) atoms. The van der Waals surface area contributed by atoms with Gasteiger partial charge in [-0.1, -0.05) is 24.3 Å². The SMILES string of the molecule is C=C(/C=C(\C=C/C)Nc1nc(Nc2ccc(N3CCCCC3)cn2)ncc1Cl)C(F)(F)F. The van der Waals surface area contributed by atoms with Gasteiger partial charge in [0, 0.05) is 18.8 Å². The van der Waals surface area contributed by atoms with Crippen molar-refractivity contribution in [3.8, 4) is 0 Å². The molecule has 0 aliphatic carbocycles. The van der Waals surface area contributed by atoms with Gasteiger partial charge in [-0.15, -0.1) is 0 Å². The highest BCUT2D eigenvalue weighted by Crippen LogP contribution is 2.28. The fourth-order valence-corrected chi connectivity index (χ4v) is 3.28. The lowest BCUT2D eigenvalue weighted by atomic mass is 10.1. The molecule has 0 spiro atoms. The summed E-state index contributed by atoms with van der Waals surface area (Å²) in [6.45, 7) is 6.78. The molecule has 1 saturated heterocycles. The quantitative estimate of drug-likeness (QED) is 0.472. The number of alkyl halides is 3. The third kappa shape index (κ3) is 6.46. The monoisotopic (exact) mass is 464 g/mol. The smallest absolute Gasteiger partial charge is 0.370 e. The molecule has 0 aromatic carbocycles. The average Bonchev–Trinajstić information content (AvgIpc) is 2.76. The molecule has 3 heterocycles. The minimum atomic E-state index is -4.54. The van der Waals surface area contributed by atoms with Crippen molar-refractivity contribution in [2.45, 2.75) is 32.4 Å². The first-order chi connectivity index (χ1) is 15.3. The molecule has 2 aromatic heterocycles. The van der Waals surface area contributed by atoms with Gasteiger partial charge in [0.1, 0.15) is 10.8 Å². The predicted octanol–water partition coefficient (Wildman–Crippen LogP) is 6.25. The van der Waals surface area contributed by atoms with Gasteiger partial charge in [0.25, 0.3) is 0 Å². The van der Waals surface area contributed by atoms with Gasteiger partial charge in [0.05, 0.1) is 23.7 Å². The van der Waals surface area contributed by atoms with Crippen molar-refractivity contribution in [3.05, 3.63) is 65.6 Å². The molecule has 6 nitrogen and oxygen atoms in total. The molecule has 2 aromatic rings. The van der Waals surface area contributed by atoms with Crippen LogP contribution in [-0.4, -0.2) is 34.2 Å². The van der Waals surface area contributed by atoms with E-state index in [1.165, 1.54) is 31.5 Å². The zero-order valence-corrected chi connectivity index (χ0v) is 18.3. The van der Waals surface area contributed by atoms with Crippen LogP contribution in [0.1, 0.15) is 26.2 Å². The maximum atomic E-state index is 12.9. The van der Waals surface area contributed by atoms with E-state index in [0.717, 1.165) is 24.9 Å². The lowest BCUT2D eigenvalue weighted by Gasteiger charge is -2.28. The maximum absolute atomic E-state index is 12.9. The second kappa shape index (κ2) is 10.5.